The van der Waals surface area contributed by atoms with Gasteiger partial charge in [-0.2, -0.15) is 0 Å². The lowest BCUT2D eigenvalue weighted by Crippen LogP contribution is -2.57. The van der Waals surface area contributed by atoms with E-state index in [2.05, 4.69) is 11.6 Å². The molecule has 4 N–H and O–H groups in total. The standard InChI is InChI=1S/C22H22ClNO6S/c1-2-14(25)22-20(28)18(26)19(27)21(30-22)11-5-6-13(23)12(8-11)9-17-24-10-16(31-17)15-4-3-7-29-15/h2-8,10,14,18-22,25-28H,1,9H2/t14-,18+,19+,20-,21-,22+/m0/s1. The molecule has 2 aromatic heterocycles. The van der Waals surface area contributed by atoms with Gasteiger partial charge < -0.3 is 29.6 Å². The van der Waals surface area contributed by atoms with E-state index in [1.807, 2.05) is 12.1 Å². The summed E-state index contributed by atoms with van der Waals surface area (Å²) in [6.07, 6.45) is -2.64. The SMILES string of the molecule is C=C[C@H](O)[C@H]1O[C@@H](c2ccc(Cl)c(Cc3ncc(-c4ccco4)s3)c2)[C@H](O)[C@@H](O)[C@@H]1O. The third-order valence-corrected chi connectivity index (χ3v) is 6.67. The van der Waals surface area contributed by atoms with Crippen molar-refractivity contribution in [2.45, 2.75) is 43.0 Å². The molecular formula is C22H22ClNO6S. The second-order valence-electron chi connectivity index (χ2n) is 7.34. The lowest BCUT2D eigenvalue weighted by Gasteiger charge is -2.42. The first-order chi connectivity index (χ1) is 14.9. The Morgan fingerprint density at radius 3 is 2.71 bits per heavy atom. The molecule has 0 aliphatic carbocycles. The third-order valence-electron chi connectivity index (χ3n) is 5.29. The van der Waals surface area contributed by atoms with Crippen LogP contribution in [0.3, 0.4) is 0 Å². The van der Waals surface area contributed by atoms with Crippen molar-refractivity contribution >= 4 is 22.9 Å². The maximum Gasteiger partial charge on any atom is 0.145 e. The van der Waals surface area contributed by atoms with Crippen LogP contribution in [0.4, 0.5) is 0 Å². The monoisotopic (exact) mass is 463 g/mol. The summed E-state index contributed by atoms with van der Waals surface area (Å²) in [6, 6.07) is 8.80. The molecular weight excluding hydrogens is 442 g/mol. The van der Waals surface area contributed by atoms with E-state index in [1.165, 1.54) is 17.4 Å². The lowest BCUT2D eigenvalue weighted by atomic mass is 9.88. The Morgan fingerprint density at radius 2 is 2.00 bits per heavy atom. The van der Waals surface area contributed by atoms with Gasteiger partial charge in [0.25, 0.3) is 0 Å². The van der Waals surface area contributed by atoms with Crippen LogP contribution < -0.4 is 0 Å². The van der Waals surface area contributed by atoms with Crippen LogP contribution in [0.15, 0.2) is 59.9 Å². The van der Waals surface area contributed by atoms with Crippen molar-refractivity contribution in [2.75, 3.05) is 0 Å². The highest BCUT2D eigenvalue weighted by Crippen LogP contribution is 2.36. The Bertz CT molecular complexity index is 1040. The Balaban J connectivity index is 1.59. The summed E-state index contributed by atoms with van der Waals surface area (Å²) in [5, 5.41) is 42.4. The van der Waals surface area contributed by atoms with Gasteiger partial charge in [0.1, 0.15) is 42.4 Å². The van der Waals surface area contributed by atoms with Crippen LogP contribution >= 0.6 is 22.9 Å². The summed E-state index contributed by atoms with van der Waals surface area (Å²) in [5.74, 6) is 0.738. The lowest BCUT2D eigenvalue weighted by molar-refractivity contribution is -0.240. The molecule has 1 aromatic carbocycles. The van der Waals surface area contributed by atoms with Crippen LogP contribution in [0, 0.1) is 0 Å². The van der Waals surface area contributed by atoms with Gasteiger partial charge >= 0.3 is 0 Å². The minimum Gasteiger partial charge on any atom is -0.463 e. The first-order valence-electron chi connectivity index (χ1n) is 9.66. The average Bonchev–Trinajstić information content (AvgIpc) is 3.45. The van der Waals surface area contributed by atoms with E-state index in [4.69, 9.17) is 20.8 Å². The van der Waals surface area contributed by atoms with Crippen LogP contribution in [0.25, 0.3) is 10.6 Å². The highest BCUT2D eigenvalue weighted by molar-refractivity contribution is 7.15. The van der Waals surface area contributed by atoms with E-state index in [9.17, 15) is 20.4 Å². The number of hydrogen-bond acceptors (Lipinski definition) is 8. The van der Waals surface area contributed by atoms with Gasteiger partial charge in [0.15, 0.2) is 0 Å². The Labute approximate surface area is 187 Å². The Morgan fingerprint density at radius 1 is 1.19 bits per heavy atom. The number of halogens is 1. The first kappa shape index (κ1) is 22.2. The zero-order valence-corrected chi connectivity index (χ0v) is 17.9. The van der Waals surface area contributed by atoms with Gasteiger partial charge in [-0.3, -0.25) is 0 Å². The number of aliphatic hydroxyl groups is 4. The zero-order valence-electron chi connectivity index (χ0n) is 16.3. The Hall–Kier alpha value is -2.04. The summed E-state index contributed by atoms with van der Waals surface area (Å²) in [4.78, 5) is 5.34. The Kier molecular flexibility index (Phi) is 6.59. The highest BCUT2D eigenvalue weighted by Gasteiger charge is 2.46. The smallest absolute Gasteiger partial charge is 0.145 e. The molecule has 0 radical (unpaired) electrons. The second-order valence-corrected chi connectivity index (χ2v) is 8.86. The predicted molar refractivity (Wildman–Crippen MR) is 116 cm³/mol. The summed E-state index contributed by atoms with van der Waals surface area (Å²) in [5.41, 5.74) is 1.32. The van der Waals surface area contributed by atoms with Crippen molar-refractivity contribution in [1.29, 1.82) is 0 Å². The zero-order chi connectivity index (χ0) is 22.1. The van der Waals surface area contributed by atoms with Crippen molar-refractivity contribution in [3.05, 3.63) is 76.6 Å². The quantitative estimate of drug-likeness (QED) is 0.415. The summed E-state index contributed by atoms with van der Waals surface area (Å²) in [7, 11) is 0. The van der Waals surface area contributed by atoms with Crippen molar-refractivity contribution in [2.24, 2.45) is 0 Å². The predicted octanol–water partition coefficient (Wildman–Crippen LogP) is 2.72. The summed E-state index contributed by atoms with van der Waals surface area (Å²) < 4.78 is 11.2. The van der Waals surface area contributed by atoms with Crippen LogP contribution in [0.1, 0.15) is 22.2 Å². The molecule has 0 amide bonds. The van der Waals surface area contributed by atoms with Crippen molar-refractivity contribution in [3.63, 3.8) is 0 Å². The van der Waals surface area contributed by atoms with Gasteiger partial charge in [-0.05, 0) is 29.3 Å². The largest absolute Gasteiger partial charge is 0.463 e. The number of aliphatic hydroxyl groups excluding tert-OH is 4. The fraction of sp³-hybridized carbons (Fsp3) is 0.318. The molecule has 3 aromatic rings. The van der Waals surface area contributed by atoms with E-state index in [1.54, 1.807) is 30.7 Å². The molecule has 0 saturated carbocycles. The maximum absolute atomic E-state index is 10.5. The third kappa shape index (κ3) is 4.47. The molecule has 0 unspecified atom stereocenters. The molecule has 0 spiro atoms. The minimum absolute atomic E-state index is 0.449. The molecule has 1 fully saturated rings. The van der Waals surface area contributed by atoms with Crippen molar-refractivity contribution < 1.29 is 29.6 Å². The second kappa shape index (κ2) is 9.22. The van der Waals surface area contributed by atoms with Gasteiger partial charge in [-0.25, -0.2) is 4.98 Å². The van der Waals surface area contributed by atoms with Crippen LogP contribution in [-0.4, -0.2) is 55.9 Å². The number of thiazole rings is 1. The van der Waals surface area contributed by atoms with Crippen LogP contribution in [0.2, 0.25) is 5.02 Å². The number of benzene rings is 1. The van der Waals surface area contributed by atoms with Crippen LogP contribution in [-0.2, 0) is 11.2 Å². The number of furan rings is 1. The van der Waals surface area contributed by atoms with Crippen molar-refractivity contribution in [1.82, 2.24) is 4.98 Å². The average molecular weight is 464 g/mol. The van der Waals surface area contributed by atoms with E-state index >= 15 is 0 Å². The minimum atomic E-state index is -1.49. The van der Waals surface area contributed by atoms with Gasteiger partial charge in [-0.1, -0.05) is 29.8 Å². The number of rotatable bonds is 6. The van der Waals surface area contributed by atoms with E-state index in [-0.39, 0.29) is 0 Å². The summed E-state index contributed by atoms with van der Waals surface area (Å²) >= 11 is 7.88. The molecule has 1 aliphatic heterocycles. The highest BCUT2D eigenvalue weighted by atomic mass is 35.5. The number of hydrogen-bond donors (Lipinski definition) is 4. The topological polar surface area (TPSA) is 116 Å². The molecule has 9 heteroatoms. The van der Waals surface area contributed by atoms with Gasteiger partial charge in [0.05, 0.1) is 16.1 Å². The van der Waals surface area contributed by atoms with Crippen LogP contribution in [0.5, 0.6) is 0 Å². The molecule has 1 aliphatic rings. The normalized spacial score (nSPS) is 27.2. The number of nitrogens with zero attached hydrogens (tertiary/aromatic N) is 1. The molecule has 3 heterocycles. The fourth-order valence-electron chi connectivity index (χ4n) is 3.59. The van der Waals surface area contributed by atoms with Gasteiger partial charge in [0, 0.05) is 17.6 Å². The number of aromatic nitrogens is 1. The molecule has 6 atom stereocenters. The molecule has 4 rings (SSSR count). The van der Waals surface area contributed by atoms with E-state index in [0.29, 0.717) is 17.0 Å². The molecule has 31 heavy (non-hydrogen) atoms. The van der Waals surface area contributed by atoms with Gasteiger partial charge in [-0.15, -0.1) is 17.9 Å². The van der Waals surface area contributed by atoms with E-state index < -0.39 is 36.6 Å². The molecule has 0 bridgehead atoms. The fourth-order valence-corrected chi connectivity index (χ4v) is 4.69. The first-order valence-corrected chi connectivity index (χ1v) is 10.9. The molecule has 7 nitrogen and oxygen atoms in total. The summed E-state index contributed by atoms with van der Waals surface area (Å²) in [6.45, 7) is 3.49. The van der Waals surface area contributed by atoms with Crippen molar-refractivity contribution in [3.8, 4) is 10.6 Å². The van der Waals surface area contributed by atoms with E-state index in [0.717, 1.165) is 21.2 Å². The maximum atomic E-state index is 10.5. The molecule has 1 saturated heterocycles. The van der Waals surface area contributed by atoms with Gasteiger partial charge in [0.2, 0.25) is 0 Å². The molecule has 164 valence electrons. The number of ether oxygens (including phenoxy) is 1.